The molecule has 0 spiro atoms. The molecule has 2 aromatic heterocycles. The first kappa shape index (κ1) is 19.6. The first-order valence-corrected chi connectivity index (χ1v) is 11.2. The Kier molecular flexibility index (Phi) is 5.56. The highest BCUT2D eigenvalue weighted by Gasteiger charge is 2.28. The first-order valence-electron chi connectivity index (χ1n) is 10.3. The predicted octanol–water partition coefficient (Wildman–Crippen LogP) is 4.04. The molecule has 4 rings (SSSR count). The molecule has 152 valence electrons. The molecule has 0 aliphatic carbocycles. The summed E-state index contributed by atoms with van der Waals surface area (Å²) in [6.07, 6.45) is 4.25. The minimum atomic E-state index is 0.00303. The second kappa shape index (κ2) is 7.95. The molecule has 7 heteroatoms. The van der Waals surface area contributed by atoms with Crippen LogP contribution in [0.1, 0.15) is 57.3 Å². The van der Waals surface area contributed by atoms with Crippen LogP contribution in [-0.4, -0.2) is 47.7 Å². The van der Waals surface area contributed by atoms with Gasteiger partial charge in [0.05, 0.1) is 18.8 Å². The average molecular weight is 402 g/mol. The molecular weight excluding hydrogens is 370 g/mol. The van der Waals surface area contributed by atoms with Crippen molar-refractivity contribution in [1.29, 1.82) is 0 Å². The van der Waals surface area contributed by atoms with Crippen molar-refractivity contribution < 1.29 is 4.74 Å². The smallest absolute Gasteiger partial charge is 0.134 e. The van der Waals surface area contributed by atoms with Crippen molar-refractivity contribution in [3.63, 3.8) is 0 Å². The summed E-state index contributed by atoms with van der Waals surface area (Å²) < 4.78 is 6.05. The van der Waals surface area contributed by atoms with Crippen LogP contribution in [0.25, 0.3) is 0 Å². The van der Waals surface area contributed by atoms with E-state index in [4.69, 9.17) is 9.72 Å². The van der Waals surface area contributed by atoms with Gasteiger partial charge in [-0.05, 0) is 18.8 Å². The van der Waals surface area contributed by atoms with E-state index in [-0.39, 0.29) is 11.5 Å². The van der Waals surface area contributed by atoms with Crippen molar-refractivity contribution in [1.82, 2.24) is 15.0 Å². The molecule has 2 aliphatic heterocycles. The van der Waals surface area contributed by atoms with E-state index in [0.29, 0.717) is 6.61 Å². The van der Waals surface area contributed by atoms with Gasteiger partial charge in [-0.3, -0.25) is 0 Å². The van der Waals surface area contributed by atoms with Crippen LogP contribution in [0.4, 0.5) is 11.6 Å². The lowest BCUT2D eigenvalue weighted by Gasteiger charge is -2.34. The number of hydrogen-bond acceptors (Lipinski definition) is 7. The van der Waals surface area contributed by atoms with E-state index >= 15 is 0 Å². The summed E-state index contributed by atoms with van der Waals surface area (Å²) >= 11 is 1.70. The number of ether oxygens (including phenoxy) is 1. The molecule has 2 atom stereocenters. The number of rotatable bonds is 3. The largest absolute Gasteiger partial charge is 0.367 e. The topological polar surface area (TPSA) is 54.4 Å². The van der Waals surface area contributed by atoms with Gasteiger partial charge in [0.15, 0.2) is 0 Å². The van der Waals surface area contributed by atoms with E-state index in [1.54, 1.807) is 17.7 Å². The van der Waals surface area contributed by atoms with Gasteiger partial charge < -0.3 is 14.5 Å². The molecular formula is C21H31N5OS. The number of nitrogens with zero attached hydrogens (tertiary/aromatic N) is 5. The van der Waals surface area contributed by atoms with Crippen LogP contribution in [0.15, 0.2) is 17.8 Å². The Morgan fingerprint density at radius 2 is 1.86 bits per heavy atom. The molecule has 4 heterocycles. The van der Waals surface area contributed by atoms with Gasteiger partial charge in [-0.2, -0.15) is 0 Å². The average Bonchev–Trinajstić information content (AvgIpc) is 3.19. The van der Waals surface area contributed by atoms with Crippen molar-refractivity contribution in [2.75, 3.05) is 42.6 Å². The van der Waals surface area contributed by atoms with Crippen molar-refractivity contribution in [3.05, 3.63) is 28.5 Å². The zero-order valence-corrected chi connectivity index (χ0v) is 18.2. The third-order valence-electron chi connectivity index (χ3n) is 5.58. The van der Waals surface area contributed by atoms with Crippen LogP contribution in [0.2, 0.25) is 0 Å². The SMILES string of the molecule is CC1CCCN(c2cc(N3CCOC(c4nc(C(C)(C)C)cs4)C3)ncn2)C1. The Morgan fingerprint density at radius 3 is 2.54 bits per heavy atom. The molecule has 0 saturated carbocycles. The summed E-state index contributed by atoms with van der Waals surface area (Å²) in [6, 6.07) is 2.14. The Labute approximate surface area is 172 Å². The van der Waals surface area contributed by atoms with E-state index in [0.717, 1.165) is 54.4 Å². The lowest BCUT2D eigenvalue weighted by molar-refractivity contribution is 0.0392. The molecule has 2 saturated heterocycles. The maximum absolute atomic E-state index is 6.05. The first-order chi connectivity index (χ1) is 13.4. The number of hydrogen-bond donors (Lipinski definition) is 0. The van der Waals surface area contributed by atoms with Crippen LogP contribution in [0.5, 0.6) is 0 Å². The maximum Gasteiger partial charge on any atom is 0.134 e. The van der Waals surface area contributed by atoms with Crippen LogP contribution < -0.4 is 9.80 Å². The monoisotopic (exact) mass is 401 g/mol. The Balaban J connectivity index is 1.49. The highest BCUT2D eigenvalue weighted by atomic mass is 32.1. The minimum absolute atomic E-state index is 0.00303. The van der Waals surface area contributed by atoms with Gasteiger partial charge in [0, 0.05) is 36.5 Å². The van der Waals surface area contributed by atoms with Gasteiger partial charge in [-0.15, -0.1) is 11.3 Å². The summed E-state index contributed by atoms with van der Waals surface area (Å²) in [7, 11) is 0. The van der Waals surface area contributed by atoms with E-state index in [1.807, 2.05) is 0 Å². The van der Waals surface area contributed by atoms with Crippen molar-refractivity contribution >= 4 is 23.0 Å². The zero-order chi connectivity index (χ0) is 19.7. The van der Waals surface area contributed by atoms with Crippen molar-refractivity contribution in [3.8, 4) is 0 Å². The summed E-state index contributed by atoms with van der Waals surface area (Å²) in [5, 5.41) is 3.23. The van der Waals surface area contributed by atoms with Gasteiger partial charge in [-0.1, -0.05) is 27.7 Å². The summed E-state index contributed by atoms with van der Waals surface area (Å²) in [6.45, 7) is 13.4. The number of piperidine rings is 1. The van der Waals surface area contributed by atoms with Crippen LogP contribution >= 0.6 is 11.3 Å². The fourth-order valence-corrected chi connectivity index (χ4v) is 4.95. The Bertz CT molecular complexity index is 802. The Morgan fingerprint density at radius 1 is 1.11 bits per heavy atom. The van der Waals surface area contributed by atoms with Crippen molar-refractivity contribution in [2.45, 2.75) is 52.1 Å². The molecule has 2 aromatic rings. The maximum atomic E-state index is 6.05. The standard InChI is InChI=1S/C21H31N5OS/c1-15-6-5-7-25(11-15)18-10-19(23-14-22-18)26-8-9-27-16(12-26)20-24-17(13-28-20)21(2,3)4/h10,13-16H,5-9,11-12H2,1-4H3. The van der Waals surface area contributed by atoms with Crippen LogP contribution in [-0.2, 0) is 10.2 Å². The quantitative estimate of drug-likeness (QED) is 0.774. The molecule has 2 fully saturated rings. The molecule has 6 nitrogen and oxygen atoms in total. The summed E-state index contributed by atoms with van der Waals surface area (Å²) in [4.78, 5) is 18.7. The van der Waals surface area contributed by atoms with Gasteiger partial charge >= 0.3 is 0 Å². The molecule has 0 N–H and O–H groups in total. The Hall–Kier alpha value is -1.73. The molecule has 2 unspecified atom stereocenters. The third-order valence-corrected chi connectivity index (χ3v) is 6.51. The van der Waals surface area contributed by atoms with E-state index in [2.05, 4.69) is 58.9 Å². The lowest BCUT2D eigenvalue weighted by Crippen LogP contribution is -2.39. The van der Waals surface area contributed by atoms with Crippen LogP contribution in [0, 0.1) is 5.92 Å². The van der Waals surface area contributed by atoms with Gasteiger partial charge in [0.1, 0.15) is 29.1 Å². The zero-order valence-electron chi connectivity index (χ0n) is 17.4. The summed E-state index contributed by atoms with van der Waals surface area (Å²) in [5.74, 6) is 2.76. The van der Waals surface area contributed by atoms with Gasteiger partial charge in [-0.25, -0.2) is 15.0 Å². The molecule has 0 radical (unpaired) electrons. The van der Waals surface area contributed by atoms with E-state index in [9.17, 15) is 0 Å². The third kappa shape index (κ3) is 4.30. The van der Waals surface area contributed by atoms with Gasteiger partial charge in [0.25, 0.3) is 0 Å². The highest BCUT2D eigenvalue weighted by Crippen LogP contribution is 2.32. The molecule has 28 heavy (non-hydrogen) atoms. The number of aromatic nitrogens is 3. The summed E-state index contributed by atoms with van der Waals surface area (Å²) in [5.41, 5.74) is 1.20. The molecule has 0 bridgehead atoms. The second-order valence-corrected chi connectivity index (χ2v) is 9.94. The van der Waals surface area contributed by atoms with Crippen LogP contribution in [0.3, 0.4) is 0 Å². The lowest BCUT2D eigenvalue weighted by atomic mass is 9.93. The normalized spacial score (nSPS) is 23.9. The molecule has 0 aromatic carbocycles. The second-order valence-electron chi connectivity index (χ2n) is 9.05. The number of anilines is 2. The van der Waals surface area contributed by atoms with E-state index in [1.165, 1.54) is 12.8 Å². The highest BCUT2D eigenvalue weighted by molar-refractivity contribution is 7.09. The van der Waals surface area contributed by atoms with E-state index < -0.39 is 0 Å². The fourth-order valence-electron chi connectivity index (χ4n) is 3.87. The van der Waals surface area contributed by atoms with Gasteiger partial charge in [0.2, 0.25) is 0 Å². The molecule has 0 amide bonds. The molecule has 2 aliphatic rings. The minimum Gasteiger partial charge on any atom is -0.367 e. The van der Waals surface area contributed by atoms with Crippen molar-refractivity contribution in [2.24, 2.45) is 5.92 Å². The fraction of sp³-hybridized carbons (Fsp3) is 0.667. The number of morpholine rings is 1. The predicted molar refractivity (Wildman–Crippen MR) is 114 cm³/mol. The number of thiazole rings is 1.